The van der Waals surface area contributed by atoms with Crippen molar-refractivity contribution in [2.24, 2.45) is 0 Å². The van der Waals surface area contributed by atoms with Crippen LogP contribution < -0.4 is 0 Å². The van der Waals surface area contributed by atoms with Crippen LogP contribution in [0.3, 0.4) is 0 Å². The fraction of sp³-hybridized carbons (Fsp3) is 0.222. The van der Waals surface area contributed by atoms with Gasteiger partial charge >= 0.3 is 6.18 Å². The Morgan fingerprint density at radius 3 is 1.80 bits per heavy atom. The lowest BCUT2D eigenvalue weighted by molar-refractivity contribution is -0.0696. The first-order valence-electron chi connectivity index (χ1n) is 7.19. The molecule has 0 N–H and O–H groups in total. The summed E-state index contributed by atoms with van der Waals surface area (Å²) in [6.07, 6.45) is -3.86. The summed E-state index contributed by atoms with van der Waals surface area (Å²) < 4.78 is 92.1. The molecule has 0 unspecified atom stereocenters. The lowest BCUT2D eigenvalue weighted by atomic mass is 9.99. The van der Waals surface area contributed by atoms with Crippen LogP contribution in [0.4, 0.5) is 30.7 Å². The first-order chi connectivity index (χ1) is 11.6. The van der Waals surface area contributed by atoms with E-state index in [4.69, 9.17) is 0 Å². The smallest absolute Gasteiger partial charge is 0.206 e. The molecule has 0 radical (unpaired) electrons. The molecule has 0 nitrogen and oxygen atoms in total. The molecule has 0 aliphatic carbocycles. The zero-order chi connectivity index (χ0) is 18.8. The standard InChI is InChI=1S/C18H11F7/c1-2-3-10-6-15(21)17(16(22)7-10)11-8-13(19)12(14(20)9-11)4-5-18(23,24)25/h6-9H,2-3H2,1H3. The molecule has 2 aromatic carbocycles. The van der Waals surface area contributed by atoms with Crippen molar-refractivity contribution < 1.29 is 30.7 Å². The number of hydrogen-bond donors (Lipinski definition) is 0. The maximum Gasteiger partial charge on any atom is 0.458 e. The van der Waals surface area contributed by atoms with E-state index in [1.54, 1.807) is 0 Å². The van der Waals surface area contributed by atoms with Gasteiger partial charge in [0.1, 0.15) is 23.3 Å². The molecule has 0 aromatic heterocycles. The Morgan fingerprint density at radius 1 is 0.840 bits per heavy atom. The molecule has 0 spiro atoms. The number of hydrogen-bond acceptors (Lipinski definition) is 0. The van der Waals surface area contributed by atoms with Crippen LogP contribution in [-0.2, 0) is 6.42 Å². The molecule has 0 fully saturated rings. The van der Waals surface area contributed by atoms with E-state index in [0.29, 0.717) is 30.5 Å². The summed E-state index contributed by atoms with van der Waals surface area (Å²) in [5.74, 6) is -2.83. The van der Waals surface area contributed by atoms with Gasteiger partial charge in [-0.05, 0) is 41.8 Å². The number of benzene rings is 2. The van der Waals surface area contributed by atoms with Crippen LogP contribution in [0.2, 0.25) is 0 Å². The number of rotatable bonds is 3. The molecule has 2 rings (SSSR count). The fourth-order valence-electron chi connectivity index (χ4n) is 2.30. The number of halogens is 7. The van der Waals surface area contributed by atoms with Gasteiger partial charge in [-0.1, -0.05) is 19.3 Å². The van der Waals surface area contributed by atoms with Crippen molar-refractivity contribution in [1.29, 1.82) is 0 Å². The van der Waals surface area contributed by atoms with Gasteiger partial charge in [0.15, 0.2) is 0 Å². The maximum absolute atomic E-state index is 14.1. The van der Waals surface area contributed by atoms with Gasteiger partial charge in [-0.15, -0.1) is 0 Å². The van der Waals surface area contributed by atoms with Crippen LogP contribution in [0, 0.1) is 35.1 Å². The minimum atomic E-state index is -4.93. The third-order valence-corrected chi connectivity index (χ3v) is 3.30. The van der Waals surface area contributed by atoms with E-state index in [1.807, 2.05) is 6.92 Å². The third kappa shape index (κ3) is 4.53. The molecular weight excluding hydrogens is 349 g/mol. The summed E-state index contributed by atoms with van der Waals surface area (Å²) in [5.41, 5.74) is -1.86. The highest BCUT2D eigenvalue weighted by Gasteiger charge is 2.24. The van der Waals surface area contributed by atoms with E-state index in [-0.39, 0.29) is 0 Å². The maximum atomic E-state index is 14.1. The van der Waals surface area contributed by atoms with Gasteiger partial charge in [-0.2, -0.15) is 13.2 Å². The Labute approximate surface area is 139 Å². The predicted molar refractivity (Wildman–Crippen MR) is 78.6 cm³/mol. The molecule has 0 atom stereocenters. The average Bonchev–Trinajstić information content (AvgIpc) is 2.44. The van der Waals surface area contributed by atoms with E-state index >= 15 is 0 Å². The first kappa shape index (κ1) is 18.8. The summed E-state index contributed by atoms with van der Waals surface area (Å²) >= 11 is 0. The fourth-order valence-corrected chi connectivity index (χ4v) is 2.30. The number of alkyl halides is 3. The summed E-state index contributed by atoms with van der Waals surface area (Å²) in [5, 5.41) is 0. The largest absolute Gasteiger partial charge is 0.458 e. The zero-order valence-corrected chi connectivity index (χ0v) is 12.9. The zero-order valence-electron chi connectivity index (χ0n) is 12.9. The number of aryl methyl sites for hydroxylation is 1. The molecule has 2 aromatic rings. The Balaban J connectivity index is 2.54. The topological polar surface area (TPSA) is 0 Å². The van der Waals surface area contributed by atoms with Crippen molar-refractivity contribution in [3.05, 3.63) is 58.7 Å². The van der Waals surface area contributed by atoms with Crippen molar-refractivity contribution >= 4 is 0 Å². The van der Waals surface area contributed by atoms with E-state index in [2.05, 4.69) is 0 Å². The molecule has 132 valence electrons. The minimum Gasteiger partial charge on any atom is -0.206 e. The van der Waals surface area contributed by atoms with Crippen LogP contribution in [-0.4, -0.2) is 6.18 Å². The normalized spacial score (nSPS) is 11.2. The van der Waals surface area contributed by atoms with Crippen molar-refractivity contribution in [2.45, 2.75) is 25.9 Å². The second kappa shape index (κ2) is 7.18. The Hall–Kier alpha value is -2.49. The van der Waals surface area contributed by atoms with Crippen molar-refractivity contribution in [3.63, 3.8) is 0 Å². The highest BCUT2D eigenvalue weighted by molar-refractivity contribution is 5.67. The SMILES string of the molecule is CCCc1cc(F)c(-c2cc(F)c(C#CC(F)(F)F)c(F)c2)c(F)c1. The van der Waals surface area contributed by atoms with Gasteiger partial charge in [0, 0.05) is 5.92 Å². The van der Waals surface area contributed by atoms with Gasteiger partial charge < -0.3 is 0 Å². The summed E-state index contributed by atoms with van der Waals surface area (Å²) in [6.45, 7) is 1.81. The Kier molecular flexibility index (Phi) is 5.41. The van der Waals surface area contributed by atoms with Gasteiger partial charge in [0.25, 0.3) is 0 Å². The van der Waals surface area contributed by atoms with Crippen LogP contribution in [0.25, 0.3) is 11.1 Å². The summed E-state index contributed by atoms with van der Waals surface area (Å²) in [6, 6.07) is 3.19. The highest BCUT2D eigenvalue weighted by Crippen LogP contribution is 2.30. The second-order valence-electron chi connectivity index (χ2n) is 5.25. The predicted octanol–water partition coefficient (Wildman–Crippen LogP) is 5.78. The van der Waals surface area contributed by atoms with Crippen molar-refractivity contribution in [3.8, 4) is 23.0 Å². The second-order valence-corrected chi connectivity index (χ2v) is 5.25. The molecule has 0 aliphatic rings. The van der Waals surface area contributed by atoms with Gasteiger partial charge in [0.05, 0.1) is 11.1 Å². The van der Waals surface area contributed by atoms with Gasteiger partial charge in [-0.3, -0.25) is 0 Å². The van der Waals surface area contributed by atoms with Crippen LogP contribution in [0.15, 0.2) is 24.3 Å². The van der Waals surface area contributed by atoms with Gasteiger partial charge in [0.2, 0.25) is 0 Å². The lowest BCUT2D eigenvalue weighted by Crippen LogP contribution is -2.03. The van der Waals surface area contributed by atoms with Crippen LogP contribution in [0.1, 0.15) is 24.5 Å². The average molecular weight is 360 g/mol. The third-order valence-electron chi connectivity index (χ3n) is 3.30. The first-order valence-corrected chi connectivity index (χ1v) is 7.19. The highest BCUT2D eigenvalue weighted by atomic mass is 19.4. The molecule has 0 amide bonds. The quantitative estimate of drug-likeness (QED) is 0.481. The molecule has 0 heterocycles. The van der Waals surface area contributed by atoms with E-state index in [1.165, 1.54) is 5.92 Å². The molecular formula is C18H11F7. The van der Waals surface area contributed by atoms with Gasteiger partial charge in [-0.25, -0.2) is 17.6 Å². The summed E-state index contributed by atoms with van der Waals surface area (Å²) in [4.78, 5) is 0. The van der Waals surface area contributed by atoms with E-state index in [0.717, 1.165) is 18.1 Å². The van der Waals surface area contributed by atoms with Crippen LogP contribution >= 0.6 is 0 Å². The molecule has 0 bridgehead atoms. The molecule has 7 heteroatoms. The minimum absolute atomic E-state index is 0.384. The van der Waals surface area contributed by atoms with Crippen LogP contribution in [0.5, 0.6) is 0 Å². The molecule has 0 aliphatic heterocycles. The van der Waals surface area contributed by atoms with E-state index < -0.39 is 46.1 Å². The van der Waals surface area contributed by atoms with Crippen molar-refractivity contribution in [1.82, 2.24) is 0 Å². The molecule has 0 saturated carbocycles. The Bertz CT molecular complexity index is 808. The Morgan fingerprint density at radius 2 is 1.36 bits per heavy atom. The monoisotopic (exact) mass is 360 g/mol. The molecule has 25 heavy (non-hydrogen) atoms. The van der Waals surface area contributed by atoms with E-state index in [9.17, 15) is 30.7 Å². The van der Waals surface area contributed by atoms with Crippen molar-refractivity contribution in [2.75, 3.05) is 0 Å². The molecule has 0 saturated heterocycles. The summed E-state index contributed by atoms with van der Waals surface area (Å²) in [7, 11) is 0. The lowest BCUT2D eigenvalue weighted by Gasteiger charge is -2.09.